The fourth-order valence-corrected chi connectivity index (χ4v) is 2.82. The maximum absolute atomic E-state index is 13.6. The second-order valence-electron chi connectivity index (χ2n) is 6.16. The Morgan fingerprint density at radius 2 is 1.96 bits per heavy atom. The average molecular weight is 452 g/mol. The lowest BCUT2D eigenvalue weighted by atomic mass is 10.1. The summed E-state index contributed by atoms with van der Waals surface area (Å²) in [5.74, 6) is 0.238. The van der Waals surface area contributed by atoms with E-state index in [2.05, 4.69) is 27.4 Å². The first-order chi connectivity index (χ1) is 11.1. The van der Waals surface area contributed by atoms with Gasteiger partial charge in [-0.15, -0.1) is 24.0 Å². The van der Waals surface area contributed by atoms with E-state index < -0.39 is 11.6 Å². The molecule has 1 fully saturated rings. The number of halogens is 3. The van der Waals surface area contributed by atoms with Gasteiger partial charge in [0.25, 0.3) is 0 Å². The van der Waals surface area contributed by atoms with Gasteiger partial charge in [-0.25, -0.2) is 8.78 Å². The topological polar surface area (TPSA) is 39.7 Å². The number of aliphatic imine (C=N–C) groups is 1. The van der Waals surface area contributed by atoms with Crippen LogP contribution in [0.5, 0.6) is 0 Å². The van der Waals surface area contributed by atoms with Gasteiger partial charge in [0.15, 0.2) is 5.96 Å². The molecule has 1 heterocycles. The van der Waals surface area contributed by atoms with Gasteiger partial charge in [0.05, 0.1) is 0 Å². The van der Waals surface area contributed by atoms with Crippen molar-refractivity contribution in [3.8, 4) is 0 Å². The van der Waals surface area contributed by atoms with Gasteiger partial charge in [-0.2, -0.15) is 0 Å². The molecular weight excluding hydrogens is 425 g/mol. The third-order valence-corrected chi connectivity index (χ3v) is 4.06. The van der Waals surface area contributed by atoms with Crippen LogP contribution in [0.2, 0.25) is 0 Å². The van der Waals surface area contributed by atoms with Crippen molar-refractivity contribution in [2.45, 2.75) is 26.3 Å². The Morgan fingerprint density at radius 3 is 2.62 bits per heavy atom. The SMILES string of the molecule is CN=C(NCc1cc(F)ccc1F)NCC(C)CN1CCCC1.I. The molecule has 0 amide bonds. The Kier molecular flexibility index (Phi) is 9.50. The van der Waals surface area contributed by atoms with E-state index >= 15 is 0 Å². The quantitative estimate of drug-likeness (QED) is 0.396. The van der Waals surface area contributed by atoms with Crippen LogP contribution in [0.3, 0.4) is 0 Å². The molecule has 0 radical (unpaired) electrons. The van der Waals surface area contributed by atoms with Crippen molar-refractivity contribution < 1.29 is 8.78 Å². The average Bonchev–Trinajstić information content (AvgIpc) is 3.03. The van der Waals surface area contributed by atoms with E-state index in [9.17, 15) is 8.78 Å². The molecule has 1 aliphatic rings. The molecular formula is C17H27F2IN4. The first-order valence-electron chi connectivity index (χ1n) is 8.19. The summed E-state index contributed by atoms with van der Waals surface area (Å²) >= 11 is 0. The van der Waals surface area contributed by atoms with E-state index in [1.807, 2.05) is 0 Å². The number of guanidine groups is 1. The number of rotatable bonds is 6. The lowest BCUT2D eigenvalue weighted by Crippen LogP contribution is -2.41. The number of nitrogens with zero attached hydrogens (tertiary/aromatic N) is 2. The zero-order valence-electron chi connectivity index (χ0n) is 14.3. The van der Waals surface area contributed by atoms with Crippen LogP contribution < -0.4 is 10.6 Å². The summed E-state index contributed by atoms with van der Waals surface area (Å²) in [4.78, 5) is 6.60. The molecule has 1 saturated heterocycles. The summed E-state index contributed by atoms with van der Waals surface area (Å²) in [5, 5.41) is 6.26. The van der Waals surface area contributed by atoms with Crippen molar-refractivity contribution in [3.05, 3.63) is 35.4 Å². The molecule has 1 atom stereocenters. The predicted octanol–water partition coefficient (Wildman–Crippen LogP) is 2.98. The molecule has 24 heavy (non-hydrogen) atoms. The molecule has 4 nitrogen and oxygen atoms in total. The van der Waals surface area contributed by atoms with Gasteiger partial charge < -0.3 is 15.5 Å². The van der Waals surface area contributed by atoms with Gasteiger partial charge in [-0.05, 0) is 50.0 Å². The number of hydrogen-bond acceptors (Lipinski definition) is 2. The normalized spacial score (nSPS) is 16.6. The Labute approximate surface area is 160 Å². The summed E-state index contributed by atoms with van der Waals surface area (Å²) in [7, 11) is 1.67. The van der Waals surface area contributed by atoms with Crippen molar-refractivity contribution in [1.82, 2.24) is 15.5 Å². The summed E-state index contributed by atoms with van der Waals surface area (Å²) in [6, 6.07) is 3.46. The fraction of sp³-hybridized carbons (Fsp3) is 0.588. The minimum Gasteiger partial charge on any atom is -0.356 e. The van der Waals surface area contributed by atoms with Crippen molar-refractivity contribution in [3.63, 3.8) is 0 Å². The fourth-order valence-electron chi connectivity index (χ4n) is 2.82. The van der Waals surface area contributed by atoms with Gasteiger partial charge in [0, 0.05) is 32.2 Å². The minimum atomic E-state index is -0.439. The zero-order valence-corrected chi connectivity index (χ0v) is 16.6. The number of hydrogen-bond donors (Lipinski definition) is 2. The third kappa shape index (κ3) is 6.88. The Morgan fingerprint density at radius 1 is 1.25 bits per heavy atom. The van der Waals surface area contributed by atoms with E-state index in [0.29, 0.717) is 11.9 Å². The third-order valence-electron chi connectivity index (χ3n) is 4.06. The van der Waals surface area contributed by atoms with Crippen LogP contribution in [0.1, 0.15) is 25.3 Å². The monoisotopic (exact) mass is 452 g/mol. The minimum absolute atomic E-state index is 0. The zero-order chi connectivity index (χ0) is 16.7. The lowest BCUT2D eigenvalue weighted by molar-refractivity contribution is 0.287. The highest BCUT2D eigenvalue weighted by Gasteiger charge is 2.14. The van der Waals surface area contributed by atoms with Crippen LogP contribution in [-0.2, 0) is 6.54 Å². The largest absolute Gasteiger partial charge is 0.356 e. The van der Waals surface area contributed by atoms with Crippen molar-refractivity contribution in [2.24, 2.45) is 10.9 Å². The summed E-state index contributed by atoms with van der Waals surface area (Å²) in [5.41, 5.74) is 0.290. The number of benzene rings is 1. The van der Waals surface area contributed by atoms with Crippen LogP contribution in [0, 0.1) is 17.6 Å². The Balaban J connectivity index is 0.00000288. The standard InChI is InChI=1S/C17H26F2N4.HI/c1-13(12-23-7-3-4-8-23)10-21-17(20-2)22-11-14-9-15(18)5-6-16(14)19;/h5-6,9,13H,3-4,7-8,10-12H2,1-2H3,(H2,20,21,22);1H. The molecule has 0 bridgehead atoms. The maximum atomic E-state index is 13.6. The van der Waals surface area contributed by atoms with Crippen LogP contribution in [0.4, 0.5) is 8.78 Å². The number of nitrogens with one attached hydrogen (secondary N) is 2. The van der Waals surface area contributed by atoms with Crippen LogP contribution in [0.15, 0.2) is 23.2 Å². The molecule has 7 heteroatoms. The van der Waals surface area contributed by atoms with Gasteiger partial charge in [-0.3, -0.25) is 4.99 Å². The Bertz CT molecular complexity index is 533. The van der Waals surface area contributed by atoms with E-state index in [1.54, 1.807) is 7.05 Å². The number of likely N-dealkylation sites (tertiary alicyclic amines) is 1. The van der Waals surface area contributed by atoms with E-state index in [4.69, 9.17) is 0 Å². The van der Waals surface area contributed by atoms with E-state index in [1.165, 1.54) is 32.0 Å². The van der Waals surface area contributed by atoms with Gasteiger partial charge in [0.1, 0.15) is 11.6 Å². The van der Waals surface area contributed by atoms with Crippen molar-refractivity contribution in [2.75, 3.05) is 33.2 Å². The van der Waals surface area contributed by atoms with Crippen LogP contribution in [0.25, 0.3) is 0 Å². The molecule has 1 aliphatic heterocycles. The van der Waals surface area contributed by atoms with Crippen LogP contribution >= 0.6 is 24.0 Å². The van der Waals surface area contributed by atoms with Gasteiger partial charge in [0.2, 0.25) is 0 Å². The van der Waals surface area contributed by atoms with Crippen molar-refractivity contribution >= 4 is 29.9 Å². The van der Waals surface area contributed by atoms with Crippen LogP contribution in [-0.4, -0.2) is 44.1 Å². The second kappa shape index (κ2) is 10.8. The molecule has 0 aromatic heterocycles. The molecule has 1 aromatic carbocycles. The maximum Gasteiger partial charge on any atom is 0.191 e. The molecule has 2 rings (SSSR count). The lowest BCUT2D eigenvalue weighted by Gasteiger charge is -2.21. The molecule has 0 spiro atoms. The van der Waals surface area contributed by atoms with Gasteiger partial charge >= 0.3 is 0 Å². The first kappa shape index (κ1) is 21.1. The summed E-state index contributed by atoms with van der Waals surface area (Å²) < 4.78 is 26.7. The first-order valence-corrected chi connectivity index (χ1v) is 8.19. The highest BCUT2D eigenvalue weighted by Crippen LogP contribution is 2.10. The summed E-state index contributed by atoms with van der Waals surface area (Å²) in [6.45, 7) is 6.64. The smallest absolute Gasteiger partial charge is 0.191 e. The van der Waals surface area contributed by atoms with E-state index in [0.717, 1.165) is 25.2 Å². The molecule has 0 saturated carbocycles. The Hall–Kier alpha value is -0.960. The molecule has 1 unspecified atom stereocenters. The predicted molar refractivity (Wildman–Crippen MR) is 105 cm³/mol. The molecule has 2 N–H and O–H groups in total. The molecule has 0 aliphatic carbocycles. The highest BCUT2D eigenvalue weighted by molar-refractivity contribution is 14.0. The van der Waals surface area contributed by atoms with Crippen molar-refractivity contribution in [1.29, 1.82) is 0 Å². The van der Waals surface area contributed by atoms with E-state index in [-0.39, 0.29) is 36.1 Å². The second-order valence-corrected chi connectivity index (χ2v) is 6.16. The molecule has 136 valence electrons. The molecule has 1 aromatic rings. The summed E-state index contributed by atoms with van der Waals surface area (Å²) in [6.07, 6.45) is 2.59. The van der Waals surface area contributed by atoms with Gasteiger partial charge in [-0.1, -0.05) is 6.92 Å². The highest BCUT2D eigenvalue weighted by atomic mass is 127.